The molecule has 0 aromatic heterocycles. The highest BCUT2D eigenvalue weighted by molar-refractivity contribution is 7.74. The number of hydrogen-bond donors (Lipinski definition) is 0. The number of unbranched alkanes of at least 4 members (excludes halogenated alkanes) is 2. The summed E-state index contributed by atoms with van der Waals surface area (Å²) in [5.41, 5.74) is 0. The molecule has 0 N–H and O–H groups in total. The van der Waals surface area contributed by atoms with Crippen LogP contribution in [0.1, 0.15) is 39.5 Å². The van der Waals surface area contributed by atoms with Crippen LogP contribution in [0.15, 0.2) is 0 Å². The highest BCUT2D eigenvalue weighted by Crippen LogP contribution is 2.00. The summed E-state index contributed by atoms with van der Waals surface area (Å²) in [7, 11) is 0. The van der Waals surface area contributed by atoms with Crippen molar-refractivity contribution in [1.82, 2.24) is 5.06 Å². The molecule has 0 spiro atoms. The van der Waals surface area contributed by atoms with Gasteiger partial charge in [0.25, 0.3) is 0 Å². The summed E-state index contributed by atoms with van der Waals surface area (Å²) >= 11 is -2.43. The van der Waals surface area contributed by atoms with Crippen LogP contribution in [-0.4, -0.2) is 26.9 Å². The molecule has 1 atom stereocenters. The van der Waals surface area contributed by atoms with Gasteiger partial charge in [0, 0.05) is 13.1 Å². The first-order chi connectivity index (χ1) is 6.20. The van der Waals surface area contributed by atoms with E-state index in [-0.39, 0.29) is 0 Å². The zero-order valence-corrected chi connectivity index (χ0v) is 9.14. The summed E-state index contributed by atoms with van der Waals surface area (Å²) in [6.07, 6.45) is 4.00. The van der Waals surface area contributed by atoms with Gasteiger partial charge in [0.05, 0.1) is 0 Å². The van der Waals surface area contributed by atoms with E-state index >= 15 is 0 Å². The van der Waals surface area contributed by atoms with Crippen LogP contribution in [0, 0.1) is 0 Å². The topological polar surface area (TPSA) is 52.6 Å². The number of nitrogens with zero attached hydrogens (tertiary/aromatic N) is 1. The zero-order valence-electron chi connectivity index (χ0n) is 8.32. The van der Waals surface area contributed by atoms with Crippen LogP contribution in [0.25, 0.3) is 0 Å². The van der Waals surface area contributed by atoms with Crippen LogP contribution < -0.4 is 0 Å². The molecule has 80 valence electrons. The number of hydroxylamine groups is 2. The van der Waals surface area contributed by atoms with Gasteiger partial charge >= 0.3 is 0 Å². The standard InChI is InChI=1S/C8H19NO3S/c1-3-5-7-9(8-6-4-2)12-13(10)11/h3-8H2,1-2H3,(H,10,11)/p-1. The van der Waals surface area contributed by atoms with Gasteiger partial charge in [-0.3, -0.25) is 0 Å². The molecule has 0 aromatic carbocycles. The number of rotatable bonds is 8. The van der Waals surface area contributed by atoms with E-state index in [0.29, 0.717) is 13.1 Å². The van der Waals surface area contributed by atoms with Crippen LogP contribution in [0.4, 0.5) is 0 Å². The SMILES string of the molecule is CCCCN(CCCC)OS(=O)[O-]. The van der Waals surface area contributed by atoms with Gasteiger partial charge in [-0.15, -0.1) is 0 Å². The third kappa shape index (κ3) is 8.36. The Morgan fingerprint density at radius 3 is 2.00 bits per heavy atom. The minimum absolute atomic E-state index is 0.685. The van der Waals surface area contributed by atoms with E-state index in [1.165, 1.54) is 5.06 Å². The van der Waals surface area contributed by atoms with Crippen molar-refractivity contribution in [3.63, 3.8) is 0 Å². The molecule has 0 fully saturated rings. The van der Waals surface area contributed by atoms with Crippen molar-refractivity contribution < 1.29 is 13.0 Å². The van der Waals surface area contributed by atoms with E-state index in [0.717, 1.165) is 25.7 Å². The van der Waals surface area contributed by atoms with Crippen molar-refractivity contribution in [3.05, 3.63) is 0 Å². The van der Waals surface area contributed by atoms with Gasteiger partial charge in [-0.1, -0.05) is 26.7 Å². The molecular weight excluding hydrogens is 190 g/mol. The van der Waals surface area contributed by atoms with Gasteiger partial charge < -0.3 is 4.55 Å². The normalized spacial score (nSPS) is 13.5. The molecule has 0 radical (unpaired) electrons. The Kier molecular flexibility index (Phi) is 8.64. The zero-order chi connectivity index (χ0) is 10.1. The molecular formula is C8H18NO3S-. The molecule has 4 nitrogen and oxygen atoms in total. The van der Waals surface area contributed by atoms with Gasteiger partial charge in [0.15, 0.2) is 0 Å². The molecule has 0 aliphatic rings. The van der Waals surface area contributed by atoms with Gasteiger partial charge in [-0.05, 0) is 12.8 Å². The fourth-order valence-electron chi connectivity index (χ4n) is 0.941. The van der Waals surface area contributed by atoms with E-state index in [4.69, 9.17) is 0 Å². The lowest BCUT2D eigenvalue weighted by molar-refractivity contribution is -0.0553. The lowest BCUT2D eigenvalue weighted by Gasteiger charge is -2.21. The average Bonchev–Trinajstić information content (AvgIpc) is 2.09. The van der Waals surface area contributed by atoms with Gasteiger partial charge in [-0.2, -0.15) is 5.06 Å². The second kappa shape index (κ2) is 8.62. The van der Waals surface area contributed by atoms with Crippen molar-refractivity contribution in [1.29, 1.82) is 0 Å². The molecule has 5 heteroatoms. The second-order valence-electron chi connectivity index (χ2n) is 2.91. The summed E-state index contributed by atoms with van der Waals surface area (Å²) in [5, 5.41) is 1.51. The molecule has 13 heavy (non-hydrogen) atoms. The van der Waals surface area contributed by atoms with Crippen LogP contribution in [0.5, 0.6) is 0 Å². The van der Waals surface area contributed by atoms with Crippen LogP contribution in [0.2, 0.25) is 0 Å². The molecule has 1 unspecified atom stereocenters. The third-order valence-corrected chi connectivity index (χ3v) is 2.02. The van der Waals surface area contributed by atoms with Crippen molar-refractivity contribution >= 4 is 11.4 Å². The smallest absolute Gasteiger partial charge is 0.106 e. The highest BCUT2D eigenvalue weighted by Gasteiger charge is 2.03. The Bertz CT molecular complexity index is 135. The first-order valence-electron chi connectivity index (χ1n) is 4.73. The number of hydrogen-bond acceptors (Lipinski definition) is 4. The predicted molar refractivity (Wildman–Crippen MR) is 51.4 cm³/mol. The predicted octanol–water partition coefficient (Wildman–Crippen LogP) is 1.61. The van der Waals surface area contributed by atoms with E-state index in [9.17, 15) is 8.76 Å². The van der Waals surface area contributed by atoms with Gasteiger partial charge in [0.1, 0.15) is 11.4 Å². The van der Waals surface area contributed by atoms with Crippen molar-refractivity contribution in [2.24, 2.45) is 0 Å². The Morgan fingerprint density at radius 2 is 1.69 bits per heavy atom. The largest absolute Gasteiger partial charge is 0.748 e. The molecule has 0 aliphatic carbocycles. The summed E-state index contributed by atoms with van der Waals surface area (Å²) in [6.45, 7) is 5.49. The first kappa shape index (κ1) is 13.0. The Balaban J connectivity index is 3.66. The third-order valence-electron chi connectivity index (χ3n) is 1.69. The maximum Gasteiger partial charge on any atom is 0.106 e. The minimum Gasteiger partial charge on any atom is -0.748 e. The van der Waals surface area contributed by atoms with Crippen LogP contribution in [-0.2, 0) is 15.6 Å². The van der Waals surface area contributed by atoms with E-state index in [1.807, 2.05) is 0 Å². The average molecular weight is 208 g/mol. The van der Waals surface area contributed by atoms with Crippen LogP contribution >= 0.6 is 0 Å². The Labute approximate surface area is 82.7 Å². The first-order valence-corrected chi connectivity index (χ1v) is 5.73. The quantitative estimate of drug-likeness (QED) is 0.449. The molecule has 0 saturated heterocycles. The van der Waals surface area contributed by atoms with Crippen molar-refractivity contribution in [2.45, 2.75) is 39.5 Å². The van der Waals surface area contributed by atoms with E-state index < -0.39 is 11.4 Å². The molecule has 0 aliphatic heterocycles. The van der Waals surface area contributed by atoms with Gasteiger partial charge in [0.2, 0.25) is 0 Å². The fraction of sp³-hybridized carbons (Fsp3) is 1.00. The monoisotopic (exact) mass is 208 g/mol. The summed E-state index contributed by atoms with van der Waals surface area (Å²) < 4.78 is 25.1. The summed E-state index contributed by atoms with van der Waals surface area (Å²) in [4.78, 5) is 0. The maximum atomic E-state index is 10.3. The second-order valence-corrected chi connectivity index (χ2v) is 3.47. The molecule has 0 aromatic rings. The Morgan fingerprint density at radius 1 is 1.23 bits per heavy atom. The van der Waals surface area contributed by atoms with Crippen molar-refractivity contribution in [3.8, 4) is 0 Å². The maximum absolute atomic E-state index is 10.3. The van der Waals surface area contributed by atoms with Crippen LogP contribution in [0.3, 0.4) is 0 Å². The molecule has 0 bridgehead atoms. The molecule has 0 saturated carbocycles. The minimum atomic E-state index is -2.43. The molecule has 0 rings (SSSR count). The van der Waals surface area contributed by atoms with E-state index in [2.05, 4.69) is 18.1 Å². The van der Waals surface area contributed by atoms with Crippen molar-refractivity contribution in [2.75, 3.05) is 13.1 Å². The summed E-state index contributed by atoms with van der Waals surface area (Å²) in [6, 6.07) is 0. The van der Waals surface area contributed by atoms with E-state index in [1.54, 1.807) is 0 Å². The molecule has 0 amide bonds. The fourth-order valence-corrected chi connectivity index (χ4v) is 1.26. The van der Waals surface area contributed by atoms with Gasteiger partial charge in [-0.25, -0.2) is 8.49 Å². The molecule has 0 heterocycles. The lowest BCUT2D eigenvalue weighted by atomic mass is 10.3. The highest BCUT2D eigenvalue weighted by atomic mass is 32.2. The lowest BCUT2D eigenvalue weighted by Crippen LogP contribution is -2.27. The Hall–Kier alpha value is 0.0300. The summed E-state index contributed by atoms with van der Waals surface area (Å²) in [5.74, 6) is 0.